The van der Waals surface area contributed by atoms with Crippen LogP contribution in [0.4, 0.5) is 13.2 Å². The van der Waals surface area contributed by atoms with Gasteiger partial charge in [0, 0.05) is 20.6 Å². The zero-order chi connectivity index (χ0) is 13.7. The van der Waals surface area contributed by atoms with Crippen molar-refractivity contribution in [1.82, 2.24) is 0 Å². The summed E-state index contributed by atoms with van der Waals surface area (Å²) in [4.78, 5) is 0. The molecule has 0 bridgehead atoms. The molecule has 0 aromatic heterocycles. The van der Waals surface area contributed by atoms with Crippen LogP contribution in [0.3, 0.4) is 0 Å². The maximum atomic E-state index is 12.3. The van der Waals surface area contributed by atoms with E-state index >= 15 is 0 Å². The van der Waals surface area contributed by atoms with Crippen molar-refractivity contribution < 1.29 is 35.1 Å². The number of hydrogen-bond donors (Lipinski definition) is 0. The Hall–Kier alpha value is -0.420. The standard InChI is InChI=1S/C7H14F3NO5S/c1-15-5-3-4-11(12,6-16-2)17(13,14)7(8,9)10/h3-6H2,1-2H3. The Morgan fingerprint density at radius 2 is 1.76 bits per heavy atom. The second-order valence-electron chi connectivity index (χ2n) is 3.22. The van der Waals surface area contributed by atoms with Gasteiger partial charge in [0.25, 0.3) is 0 Å². The van der Waals surface area contributed by atoms with Crippen LogP contribution in [0.5, 0.6) is 0 Å². The highest BCUT2D eigenvalue weighted by Gasteiger charge is 2.57. The normalized spacial score (nSPS) is 16.8. The molecule has 0 aromatic carbocycles. The highest BCUT2D eigenvalue weighted by atomic mass is 32.2. The van der Waals surface area contributed by atoms with Crippen LogP contribution in [0, 0.1) is 5.21 Å². The maximum absolute atomic E-state index is 12.3. The number of methoxy groups -OCH3 is 2. The molecule has 0 N–H and O–H groups in total. The number of nitrogens with zero attached hydrogens (tertiary/aromatic N) is 1. The number of sulfonamides is 1. The molecule has 0 amide bonds. The van der Waals surface area contributed by atoms with Crippen molar-refractivity contribution in [3.05, 3.63) is 5.21 Å². The summed E-state index contributed by atoms with van der Waals surface area (Å²) in [6.45, 7) is -1.92. The molecule has 0 rings (SSSR count). The van der Waals surface area contributed by atoms with E-state index in [-0.39, 0.29) is 13.0 Å². The van der Waals surface area contributed by atoms with E-state index in [4.69, 9.17) is 0 Å². The summed E-state index contributed by atoms with van der Waals surface area (Å²) in [7, 11) is -3.64. The molecule has 0 saturated carbocycles. The SMILES string of the molecule is COCCC[N+]([O-])(COC)S(=O)(=O)C(F)(F)F. The Kier molecular flexibility index (Phi) is 5.81. The first-order chi connectivity index (χ1) is 7.62. The molecule has 0 aliphatic heterocycles. The molecule has 104 valence electrons. The molecule has 0 saturated heterocycles. The summed E-state index contributed by atoms with van der Waals surface area (Å²) in [6.07, 6.45) is -0.126. The van der Waals surface area contributed by atoms with Gasteiger partial charge >= 0.3 is 15.5 Å². The quantitative estimate of drug-likeness (QED) is 0.298. The van der Waals surface area contributed by atoms with Gasteiger partial charge in [-0.2, -0.15) is 21.6 Å². The van der Waals surface area contributed by atoms with Gasteiger partial charge in [0.2, 0.25) is 0 Å². The number of halogens is 3. The molecule has 17 heavy (non-hydrogen) atoms. The van der Waals surface area contributed by atoms with Gasteiger partial charge < -0.3 is 14.7 Å². The largest absolute Gasteiger partial charge is 0.615 e. The summed E-state index contributed by atoms with van der Waals surface area (Å²) in [5.74, 6) is 0. The number of ether oxygens (including phenoxy) is 2. The van der Waals surface area contributed by atoms with Crippen LogP contribution in [-0.4, -0.2) is 52.1 Å². The average molecular weight is 281 g/mol. The highest BCUT2D eigenvalue weighted by molar-refractivity contribution is 7.86. The van der Waals surface area contributed by atoms with Crippen molar-refractivity contribution in [3.63, 3.8) is 0 Å². The second kappa shape index (κ2) is 5.96. The van der Waals surface area contributed by atoms with Crippen LogP contribution in [0.25, 0.3) is 0 Å². The van der Waals surface area contributed by atoms with E-state index in [9.17, 15) is 26.8 Å². The van der Waals surface area contributed by atoms with Gasteiger partial charge in [-0.3, -0.25) is 0 Å². The minimum absolute atomic E-state index is 0.0146. The van der Waals surface area contributed by atoms with Crippen molar-refractivity contribution in [2.24, 2.45) is 0 Å². The number of quaternary nitrogens is 1. The summed E-state index contributed by atoms with van der Waals surface area (Å²) < 4.78 is 65.3. The van der Waals surface area contributed by atoms with Crippen LogP contribution < -0.4 is 0 Å². The highest BCUT2D eigenvalue weighted by Crippen LogP contribution is 2.31. The van der Waals surface area contributed by atoms with E-state index in [2.05, 4.69) is 9.47 Å². The van der Waals surface area contributed by atoms with E-state index in [1.165, 1.54) is 7.11 Å². The van der Waals surface area contributed by atoms with Crippen molar-refractivity contribution in [2.75, 3.05) is 34.1 Å². The van der Waals surface area contributed by atoms with E-state index in [0.29, 0.717) is 0 Å². The number of alkyl halides is 3. The Morgan fingerprint density at radius 1 is 1.24 bits per heavy atom. The second-order valence-corrected chi connectivity index (χ2v) is 5.30. The van der Waals surface area contributed by atoms with Crippen molar-refractivity contribution >= 4 is 10.0 Å². The smallest absolute Gasteiger partial charge is 0.549 e. The molecule has 0 heterocycles. The first-order valence-corrected chi connectivity index (χ1v) is 5.94. The first-order valence-electron chi connectivity index (χ1n) is 4.50. The van der Waals surface area contributed by atoms with Crippen LogP contribution in [0.1, 0.15) is 6.42 Å². The molecule has 0 fully saturated rings. The molecule has 0 radical (unpaired) electrons. The predicted octanol–water partition coefficient (Wildman–Crippen LogP) is 0.791. The van der Waals surface area contributed by atoms with Crippen molar-refractivity contribution in [2.45, 2.75) is 11.9 Å². The third kappa shape index (κ3) is 3.78. The van der Waals surface area contributed by atoms with E-state index < -0.39 is 32.9 Å². The van der Waals surface area contributed by atoms with Crippen LogP contribution in [0.2, 0.25) is 0 Å². The molecule has 0 aliphatic carbocycles. The molecule has 0 aromatic rings. The predicted molar refractivity (Wildman–Crippen MR) is 51.8 cm³/mol. The third-order valence-corrected chi connectivity index (χ3v) is 3.65. The summed E-state index contributed by atoms with van der Waals surface area (Å²) >= 11 is 0. The fraction of sp³-hybridized carbons (Fsp3) is 1.00. The van der Waals surface area contributed by atoms with Gasteiger partial charge in [-0.1, -0.05) is 0 Å². The fourth-order valence-electron chi connectivity index (χ4n) is 1.09. The molecule has 1 atom stereocenters. The lowest BCUT2D eigenvalue weighted by molar-refractivity contribution is -0.781. The summed E-state index contributed by atoms with van der Waals surface area (Å²) in [6, 6.07) is 0. The Morgan fingerprint density at radius 3 is 2.12 bits per heavy atom. The van der Waals surface area contributed by atoms with Crippen LogP contribution >= 0.6 is 0 Å². The molecule has 0 aliphatic rings. The van der Waals surface area contributed by atoms with E-state index in [1.807, 2.05) is 0 Å². The lowest BCUT2D eigenvalue weighted by Crippen LogP contribution is -2.54. The number of hydrogen-bond acceptors (Lipinski definition) is 5. The van der Waals surface area contributed by atoms with Gasteiger partial charge in [-0.05, 0) is 0 Å². The van der Waals surface area contributed by atoms with E-state index in [1.54, 1.807) is 0 Å². The molecule has 0 spiro atoms. The Bertz CT molecular complexity index is 331. The molecule has 6 nitrogen and oxygen atoms in total. The summed E-state index contributed by atoms with van der Waals surface area (Å²) in [5, 5.41) is 11.7. The minimum atomic E-state index is -5.88. The van der Waals surface area contributed by atoms with Gasteiger partial charge in [0.15, 0.2) is 6.73 Å². The van der Waals surface area contributed by atoms with Gasteiger partial charge in [-0.25, -0.2) is 4.05 Å². The van der Waals surface area contributed by atoms with Crippen LogP contribution in [-0.2, 0) is 19.5 Å². The molecule has 10 heteroatoms. The summed E-state index contributed by atoms with van der Waals surface area (Å²) in [5.41, 5.74) is -5.61. The number of rotatable bonds is 7. The third-order valence-electron chi connectivity index (χ3n) is 1.90. The topological polar surface area (TPSA) is 75.7 Å². The molecular formula is C7H14F3NO5S. The zero-order valence-electron chi connectivity index (χ0n) is 9.36. The Labute approximate surface area is 97.1 Å². The van der Waals surface area contributed by atoms with E-state index in [0.717, 1.165) is 7.11 Å². The zero-order valence-corrected chi connectivity index (χ0v) is 10.2. The molecular weight excluding hydrogens is 267 g/mol. The maximum Gasteiger partial charge on any atom is 0.549 e. The lowest BCUT2D eigenvalue weighted by Gasteiger charge is -2.39. The average Bonchev–Trinajstić information content (AvgIpc) is 2.16. The minimum Gasteiger partial charge on any atom is -0.615 e. The molecule has 1 unspecified atom stereocenters. The number of hydroxylamine groups is 2. The van der Waals surface area contributed by atoms with Crippen molar-refractivity contribution in [3.8, 4) is 0 Å². The van der Waals surface area contributed by atoms with Gasteiger partial charge in [0.05, 0.1) is 13.2 Å². The van der Waals surface area contributed by atoms with Crippen molar-refractivity contribution in [1.29, 1.82) is 0 Å². The fourth-order valence-corrected chi connectivity index (χ4v) is 2.08. The first kappa shape index (κ1) is 16.6. The van der Waals surface area contributed by atoms with Gasteiger partial charge in [0.1, 0.15) is 0 Å². The lowest BCUT2D eigenvalue weighted by atomic mass is 10.4. The Balaban J connectivity index is 5.06. The monoisotopic (exact) mass is 281 g/mol. The van der Waals surface area contributed by atoms with Crippen LogP contribution in [0.15, 0.2) is 0 Å². The van der Waals surface area contributed by atoms with Gasteiger partial charge in [-0.15, -0.1) is 0 Å².